The van der Waals surface area contributed by atoms with Crippen LogP contribution in [0, 0.1) is 0 Å². The van der Waals surface area contributed by atoms with Crippen molar-refractivity contribution in [2.45, 2.75) is 0 Å². The van der Waals surface area contributed by atoms with Crippen molar-refractivity contribution in [3.8, 4) is 22.3 Å². The summed E-state index contributed by atoms with van der Waals surface area (Å²) in [6, 6.07) is 62.8. The molecular formula is C44H29NO. The molecule has 8 aromatic carbocycles. The summed E-state index contributed by atoms with van der Waals surface area (Å²) in [5, 5.41) is 7.16. The van der Waals surface area contributed by atoms with Crippen LogP contribution < -0.4 is 4.90 Å². The van der Waals surface area contributed by atoms with Crippen LogP contribution in [-0.4, -0.2) is 0 Å². The Balaban J connectivity index is 1.28. The molecule has 2 nitrogen and oxygen atoms in total. The van der Waals surface area contributed by atoms with Gasteiger partial charge in [-0.25, -0.2) is 0 Å². The number of hydrogen-bond donors (Lipinski definition) is 0. The highest BCUT2D eigenvalue weighted by atomic mass is 16.3. The lowest BCUT2D eigenvalue weighted by Gasteiger charge is -2.29. The second-order valence-corrected chi connectivity index (χ2v) is 11.7. The van der Waals surface area contributed by atoms with Gasteiger partial charge in [0, 0.05) is 27.4 Å². The van der Waals surface area contributed by atoms with E-state index < -0.39 is 0 Å². The molecule has 0 N–H and O–H groups in total. The number of nitrogens with zero attached hydrogens (tertiary/aromatic N) is 1. The molecule has 2 heteroatoms. The van der Waals surface area contributed by atoms with Crippen LogP contribution in [0.15, 0.2) is 180 Å². The van der Waals surface area contributed by atoms with E-state index in [2.05, 4.69) is 169 Å². The Bertz CT molecular complexity index is 2550. The Morgan fingerprint density at radius 3 is 1.83 bits per heavy atom. The second kappa shape index (κ2) is 10.8. The zero-order valence-electron chi connectivity index (χ0n) is 25.1. The summed E-state index contributed by atoms with van der Waals surface area (Å²) in [6.07, 6.45) is 0. The molecule has 1 aromatic heterocycles. The molecule has 0 amide bonds. The summed E-state index contributed by atoms with van der Waals surface area (Å²) >= 11 is 0. The molecule has 0 saturated heterocycles. The topological polar surface area (TPSA) is 16.4 Å². The number of fused-ring (bicyclic) bond motifs is 5. The van der Waals surface area contributed by atoms with Gasteiger partial charge < -0.3 is 9.32 Å². The predicted octanol–water partition coefficient (Wildman–Crippen LogP) is 12.7. The normalized spacial score (nSPS) is 11.5. The lowest BCUT2D eigenvalue weighted by Crippen LogP contribution is -2.12. The minimum atomic E-state index is 0.892. The molecule has 0 saturated carbocycles. The predicted molar refractivity (Wildman–Crippen MR) is 194 cm³/mol. The van der Waals surface area contributed by atoms with Crippen LogP contribution in [0.5, 0.6) is 0 Å². The number of benzene rings is 8. The van der Waals surface area contributed by atoms with Crippen molar-refractivity contribution < 1.29 is 4.42 Å². The molecule has 0 fully saturated rings. The summed E-state index contributed by atoms with van der Waals surface area (Å²) in [5.41, 5.74) is 9.77. The van der Waals surface area contributed by atoms with Gasteiger partial charge in [0.15, 0.2) is 0 Å². The summed E-state index contributed by atoms with van der Waals surface area (Å²) in [5.74, 6) is 0. The van der Waals surface area contributed by atoms with Crippen molar-refractivity contribution in [3.05, 3.63) is 176 Å². The SMILES string of the molecule is c1cc(-c2cccc3ccccc23)cc(N(c2ccccc2-c2ccc3c(c2)oc2ccccc23)c2cccc3ccccc23)c1. The van der Waals surface area contributed by atoms with E-state index in [4.69, 9.17) is 4.42 Å². The van der Waals surface area contributed by atoms with Crippen molar-refractivity contribution in [2.24, 2.45) is 0 Å². The van der Waals surface area contributed by atoms with E-state index >= 15 is 0 Å². The fraction of sp³-hybridized carbons (Fsp3) is 0. The summed E-state index contributed by atoms with van der Waals surface area (Å²) in [4.78, 5) is 2.41. The highest BCUT2D eigenvalue weighted by molar-refractivity contribution is 6.07. The molecule has 0 aliphatic carbocycles. The summed E-state index contributed by atoms with van der Waals surface area (Å²) in [6.45, 7) is 0. The highest BCUT2D eigenvalue weighted by Gasteiger charge is 2.20. The van der Waals surface area contributed by atoms with Gasteiger partial charge in [0.1, 0.15) is 11.2 Å². The smallest absolute Gasteiger partial charge is 0.136 e. The van der Waals surface area contributed by atoms with Gasteiger partial charge in [0.2, 0.25) is 0 Å². The second-order valence-electron chi connectivity index (χ2n) is 11.7. The maximum Gasteiger partial charge on any atom is 0.136 e. The van der Waals surface area contributed by atoms with Gasteiger partial charge >= 0.3 is 0 Å². The van der Waals surface area contributed by atoms with Crippen molar-refractivity contribution in [1.29, 1.82) is 0 Å². The van der Waals surface area contributed by atoms with E-state index in [-0.39, 0.29) is 0 Å². The first-order chi connectivity index (χ1) is 22.8. The van der Waals surface area contributed by atoms with Crippen LogP contribution in [0.1, 0.15) is 0 Å². The third kappa shape index (κ3) is 4.35. The summed E-state index contributed by atoms with van der Waals surface area (Å²) in [7, 11) is 0. The van der Waals surface area contributed by atoms with Crippen molar-refractivity contribution >= 4 is 60.5 Å². The third-order valence-corrected chi connectivity index (χ3v) is 9.05. The lowest BCUT2D eigenvalue weighted by molar-refractivity contribution is 0.669. The molecule has 0 bridgehead atoms. The molecule has 0 radical (unpaired) electrons. The molecule has 9 aromatic rings. The fourth-order valence-corrected chi connectivity index (χ4v) is 6.91. The molecule has 0 spiro atoms. The molecule has 0 unspecified atom stereocenters. The van der Waals surface area contributed by atoms with Gasteiger partial charge in [0.05, 0.1) is 11.4 Å². The molecule has 216 valence electrons. The van der Waals surface area contributed by atoms with E-state index in [1.54, 1.807) is 0 Å². The van der Waals surface area contributed by atoms with Crippen molar-refractivity contribution in [1.82, 2.24) is 0 Å². The minimum Gasteiger partial charge on any atom is -0.456 e. The average Bonchev–Trinajstić information content (AvgIpc) is 3.50. The third-order valence-electron chi connectivity index (χ3n) is 9.05. The van der Waals surface area contributed by atoms with Gasteiger partial charge in [-0.2, -0.15) is 0 Å². The molecule has 46 heavy (non-hydrogen) atoms. The van der Waals surface area contributed by atoms with Gasteiger partial charge in [-0.3, -0.25) is 0 Å². The van der Waals surface area contributed by atoms with Gasteiger partial charge in [-0.05, 0) is 75.3 Å². The Morgan fingerprint density at radius 2 is 0.935 bits per heavy atom. The minimum absolute atomic E-state index is 0.892. The summed E-state index contributed by atoms with van der Waals surface area (Å²) < 4.78 is 6.33. The maximum absolute atomic E-state index is 6.33. The Morgan fingerprint density at radius 1 is 0.348 bits per heavy atom. The first-order valence-electron chi connectivity index (χ1n) is 15.7. The first-order valence-corrected chi connectivity index (χ1v) is 15.7. The van der Waals surface area contributed by atoms with Crippen LogP contribution in [0.3, 0.4) is 0 Å². The van der Waals surface area contributed by atoms with Crippen LogP contribution in [0.2, 0.25) is 0 Å². The number of para-hydroxylation sites is 2. The standard InChI is InChI=1S/C44H29NO/c1-3-18-35-30(12-1)14-10-22-36(35)32-16-9-17-34(28-32)45(42-24-11-15-31-13-2-4-19-37(31)42)41-23-7-5-20-38(41)33-26-27-40-39-21-6-8-25-43(39)46-44(40)29-33/h1-29H. The molecule has 9 rings (SSSR count). The zero-order chi connectivity index (χ0) is 30.5. The van der Waals surface area contributed by atoms with E-state index in [0.29, 0.717) is 0 Å². The van der Waals surface area contributed by atoms with Crippen LogP contribution >= 0.6 is 0 Å². The maximum atomic E-state index is 6.33. The molecular weight excluding hydrogens is 558 g/mol. The molecule has 0 aliphatic heterocycles. The van der Waals surface area contributed by atoms with Crippen LogP contribution in [0.4, 0.5) is 17.1 Å². The number of hydrogen-bond acceptors (Lipinski definition) is 2. The van der Waals surface area contributed by atoms with E-state index in [1.165, 1.54) is 32.7 Å². The number of anilines is 3. The van der Waals surface area contributed by atoms with Gasteiger partial charge in [-0.1, -0.05) is 133 Å². The van der Waals surface area contributed by atoms with E-state index in [9.17, 15) is 0 Å². The number of rotatable bonds is 5. The van der Waals surface area contributed by atoms with Crippen LogP contribution in [0.25, 0.3) is 65.7 Å². The van der Waals surface area contributed by atoms with Crippen molar-refractivity contribution in [2.75, 3.05) is 4.90 Å². The monoisotopic (exact) mass is 587 g/mol. The van der Waals surface area contributed by atoms with Crippen LogP contribution in [-0.2, 0) is 0 Å². The Labute approximate surface area is 267 Å². The van der Waals surface area contributed by atoms with E-state index in [1.807, 2.05) is 12.1 Å². The van der Waals surface area contributed by atoms with Crippen molar-refractivity contribution in [3.63, 3.8) is 0 Å². The van der Waals surface area contributed by atoms with Gasteiger partial charge in [0.25, 0.3) is 0 Å². The molecule has 0 atom stereocenters. The van der Waals surface area contributed by atoms with E-state index in [0.717, 1.165) is 50.1 Å². The Kier molecular flexibility index (Phi) is 6.17. The zero-order valence-corrected chi connectivity index (χ0v) is 25.1. The lowest BCUT2D eigenvalue weighted by atomic mass is 9.96. The number of furan rings is 1. The fourth-order valence-electron chi connectivity index (χ4n) is 6.91. The van der Waals surface area contributed by atoms with Gasteiger partial charge in [-0.15, -0.1) is 0 Å². The largest absolute Gasteiger partial charge is 0.456 e. The Hall–Kier alpha value is -6.12. The molecule has 1 heterocycles. The first kappa shape index (κ1) is 26.3. The average molecular weight is 588 g/mol. The highest BCUT2D eigenvalue weighted by Crippen LogP contribution is 2.45. The molecule has 0 aliphatic rings. The quantitative estimate of drug-likeness (QED) is 0.199.